The van der Waals surface area contributed by atoms with E-state index < -0.39 is 5.97 Å². The molecular weight excluding hydrogens is 268 g/mol. The lowest BCUT2D eigenvalue weighted by molar-refractivity contribution is -0.137. The highest BCUT2D eigenvalue weighted by molar-refractivity contribution is 6.30. The molecule has 0 fully saturated rings. The average molecular weight is 281 g/mol. The van der Waals surface area contributed by atoms with E-state index in [4.69, 9.17) is 21.2 Å². The fourth-order valence-corrected chi connectivity index (χ4v) is 1.90. The van der Waals surface area contributed by atoms with Crippen molar-refractivity contribution in [3.05, 3.63) is 46.6 Å². The van der Waals surface area contributed by atoms with Gasteiger partial charge in [-0.05, 0) is 24.1 Å². The van der Waals surface area contributed by atoms with Crippen molar-refractivity contribution >= 4 is 17.6 Å². The van der Waals surface area contributed by atoms with Crippen molar-refractivity contribution in [1.29, 1.82) is 0 Å². The molecule has 19 heavy (non-hydrogen) atoms. The highest BCUT2D eigenvalue weighted by Crippen LogP contribution is 2.13. The van der Waals surface area contributed by atoms with Crippen LogP contribution in [0.5, 0.6) is 0 Å². The fourth-order valence-electron chi connectivity index (χ4n) is 1.68. The zero-order chi connectivity index (χ0) is 13.7. The average Bonchev–Trinajstić information content (AvgIpc) is 2.76. The summed E-state index contributed by atoms with van der Waals surface area (Å²) in [6.07, 6.45) is 1.62. The summed E-state index contributed by atoms with van der Waals surface area (Å²) < 4.78 is 5.06. The SMILES string of the molecule is O=C(O)CCCc1nc(Cc2cccc(Cl)c2)no1. The van der Waals surface area contributed by atoms with Crippen molar-refractivity contribution in [2.45, 2.75) is 25.7 Å². The molecule has 0 aliphatic rings. The van der Waals surface area contributed by atoms with Crippen LogP contribution >= 0.6 is 11.6 Å². The van der Waals surface area contributed by atoms with E-state index in [-0.39, 0.29) is 6.42 Å². The van der Waals surface area contributed by atoms with Crippen molar-refractivity contribution in [2.24, 2.45) is 0 Å². The summed E-state index contributed by atoms with van der Waals surface area (Å²) in [6, 6.07) is 7.46. The van der Waals surface area contributed by atoms with Gasteiger partial charge in [0.1, 0.15) is 0 Å². The normalized spacial score (nSPS) is 10.6. The number of aliphatic carboxylic acids is 1. The first kappa shape index (κ1) is 13.5. The van der Waals surface area contributed by atoms with Crippen LogP contribution in [0.3, 0.4) is 0 Å². The molecule has 5 nitrogen and oxygen atoms in total. The van der Waals surface area contributed by atoms with E-state index in [1.807, 2.05) is 18.2 Å². The van der Waals surface area contributed by atoms with Crippen LogP contribution in [0.4, 0.5) is 0 Å². The Morgan fingerprint density at radius 2 is 2.26 bits per heavy atom. The van der Waals surface area contributed by atoms with E-state index in [0.717, 1.165) is 5.56 Å². The first-order valence-electron chi connectivity index (χ1n) is 5.91. The molecule has 1 aromatic heterocycles. The lowest BCUT2D eigenvalue weighted by Gasteiger charge is -1.96. The van der Waals surface area contributed by atoms with Gasteiger partial charge in [0.25, 0.3) is 0 Å². The van der Waals surface area contributed by atoms with Gasteiger partial charge in [0.15, 0.2) is 5.82 Å². The van der Waals surface area contributed by atoms with Crippen molar-refractivity contribution < 1.29 is 14.4 Å². The minimum Gasteiger partial charge on any atom is -0.481 e. The van der Waals surface area contributed by atoms with Crippen LogP contribution in [0.2, 0.25) is 5.02 Å². The maximum absolute atomic E-state index is 10.4. The number of hydrogen-bond donors (Lipinski definition) is 1. The molecule has 6 heteroatoms. The van der Waals surface area contributed by atoms with E-state index in [1.54, 1.807) is 6.07 Å². The van der Waals surface area contributed by atoms with Crippen LogP contribution in [0, 0.1) is 0 Å². The highest BCUT2D eigenvalue weighted by Gasteiger charge is 2.08. The number of hydrogen-bond acceptors (Lipinski definition) is 4. The second-order valence-corrected chi connectivity index (χ2v) is 4.59. The first-order valence-corrected chi connectivity index (χ1v) is 6.29. The third kappa shape index (κ3) is 4.37. The standard InChI is InChI=1S/C13H13ClN2O3/c14-10-4-1-3-9(7-10)8-11-15-12(19-16-11)5-2-6-13(17)18/h1,3-4,7H,2,5-6,8H2,(H,17,18). The molecule has 0 amide bonds. The van der Waals surface area contributed by atoms with Crippen molar-refractivity contribution in [1.82, 2.24) is 10.1 Å². The number of aromatic nitrogens is 2. The number of aryl methyl sites for hydroxylation is 1. The predicted molar refractivity (Wildman–Crippen MR) is 69.1 cm³/mol. The molecule has 2 aromatic rings. The Bertz CT molecular complexity index is 569. The fraction of sp³-hybridized carbons (Fsp3) is 0.308. The Hall–Kier alpha value is -1.88. The molecular formula is C13H13ClN2O3. The molecule has 2 rings (SSSR count). The van der Waals surface area contributed by atoms with Crippen molar-refractivity contribution in [2.75, 3.05) is 0 Å². The molecule has 0 spiro atoms. The third-order valence-corrected chi connectivity index (χ3v) is 2.78. The van der Waals surface area contributed by atoms with Crippen LogP contribution < -0.4 is 0 Å². The Kier molecular flexibility index (Phi) is 4.52. The molecule has 0 bridgehead atoms. The van der Waals surface area contributed by atoms with Gasteiger partial charge in [-0.15, -0.1) is 0 Å². The second-order valence-electron chi connectivity index (χ2n) is 4.16. The summed E-state index contributed by atoms with van der Waals surface area (Å²) in [4.78, 5) is 14.6. The molecule has 0 atom stereocenters. The smallest absolute Gasteiger partial charge is 0.303 e. The van der Waals surface area contributed by atoms with Gasteiger partial charge in [-0.3, -0.25) is 4.79 Å². The molecule has 0 unspecified atom stereocenters. The molecule has 0 saturated carbocycles. The number of carboxylic acids is 1. The maximum Gasteiger partial charge on any atom is 0.303 e. The number of rotatable bonds is 6. The van der Waals surface area contributed by atoms with Gasteiger partial charge in [-0.2, -0.15) is 4.98 Å². The minimum atomic E-state index is -0.821. The van der Waals surface area contributed by atoms with Gasteiger partial charge in [0.2, 0.25) is 5.89 Å². The zero-order valence-corrected chi connectivity index (χ0v) is 10.9. The minimum absolute atomic E-state index is 0.103. The van der Waals surface area contributed by atoms with Crippen LogP contribution in [0.1, 0.15) is 30.1 Å². The number of carboxylic acid groups (broad SMARTS) is 1. The second kappa shape index (κ2) is 6.33. The number of halogens is 1. The highest BCUT2D eigenvalue weighted by atomic mass is 35.5. The number of benzene rings is 1. The monoisotopic (exact) mass is 280 g/mol. The largest absolute Gasteiger partial charge is 0.481 e. The van der Waals surface area contributed by atoms with Gasteiger partial charge in [0, 0.05) is 24.3 Å². The quantitative estimate of drug-likeness (QED) is 0.880. The summed E-state index contributed by atoms with van der Waals surface area (Å²) in [7, 11) is 0. The topological polar surface area (TPSA) is 76.2 Å². The Morgan fingerprint density at radius 3 is 3.00 bits per heavy atom. The summed E-state index contributed by atoms with van der Waals surface area (Å²) in [5, 5.41) is 13.1. The Balaban J connectivity index is 1.92. The van der Waals surface area contributed by atoms with E-state index in [0.29, 0.717) is 36.0 Å². The van der Waals surface area contributed by atoms with E-state index in [2.05, 4.69) is 10.1 Å². The summed E-state index contributed by atoms with van der Waals surface area (Å²) in [5.74, 6) is 0.226. The maximum atomic E-state index is 10.4. The lowest BCUT2D eigenvalue weighted by atomic mass is 10.1. The van der Waals surface area contributed by atoms with Gasteiger partial charge >= 0.3 is 5.97 Å². The van der Waals surface area contributed by atoms with Gasteiger partial charge in [-0.25, -0.2) is 0 Å². The molecule has 1 aromatic carbocycles. The Labute approximate surface area is 115 Å². The molecule has 0 aliphatic carbocycles. The van der Waals surface area contributed by atoms with E-state index in [1.165, 1.54) is 0 Å². The molecule has 0 radical (unpaired) electrons. The zero-order valence-electron chi connectivity index (χ0n) is 10.2. The van der Waals surface area contributed by atoms with Gasteiger partial charge < -0.3 is 9.63 Å². The molecule has 100 valence electrons. The van der Waals surface area contributed by atoms with Crippen LogP contribution in [-0.4, -0.2) is 21.2 Å². The Morgan fingerprint density at radius 1 is 1.42 bits per heavy atom. The number of nitrogens with zero attached hydrogens (tertiary/aromatic N) is 2. The first-order chi connectivity index (χ1) is 9.13. The van der Waals surface area contributed by atoms with Crippen molar-refractivity contribution in [3.8, 4) is 0 Å². The molecule has 1 heterocycles. The van der Waals surface area contributed by atoms with E-state index >= 15 is 0 Å². The predicted octanol–water partition coefficient (Wildman–Crippen LogP) is 2.72. The van der Waals surface area contributed by atoms with Crippen LogP contribution in [0.25, 0.3) is 0 Å². The molecule has 0 aliphatic heterocycles. The molecule has 1 N–H and O–H groups in total. The third-order valence-electron chi connectivity index (χ3n) is 2.54. The van der Waals surface area contributed by atoms with Gasteiger partial charge in [-0.1, -0.05) is 28.9 Å². The van der Waals surface area contributed by atoms with Crippen molar-refractivity contribution in [3.63, 3.8) is 0 Å². The summed E-state index contributed by atoms with van der Waals surface area (Å²) in [6.45, 7) is 0. The summed E-state index contributed by atoms with van der Waals surface area (Å²) >= 11 is 5.89. The molecule has 0 saturated heterocycles. The lowest BCUT2D eigenvalue weighted by Crippen LogP contribution is -1.96. The van der Waals surface area contributed by atoms with E-state index in [9.17, 15) is 4.79 Å². The van der Waals surface area contributed by atoms with Gasteiger partial charge in [0.05, 0.1) is 0 Å². The summed E-state index contributed by atoms with van der Waals surface area (Å²) in [5.41, 5.74) is 1.00. The number of carbonyl (C=O) groups is 1. The van der Waals surface area contributed by atoms with Crippen LogP contribution in [-0.2, 0) is 17.6 Å². The van der Waals surface area contributed by atoms with Crippen LogP contribution in [0.15, 0.2) is 28.8 Å².